The van der Waals surface area contributed by atoms with Crippen molar-refractivity contribution in [2.45, 2.75) is 32.7 Å². The van der Waals surface area contributed by atoms with Gasteiger partial charge in [0.25, 0.3) is 0 Å². The summed E-state index contributed by atoms with van der Waals surface area (Å²) in [4.78, 5) is 8.28. The Labute approximate surface area is 99.0 Å². The highest BCUT2D eigenvalue weighted by Crippen LogP contribution is 2.19. The Balaban J connectivity index is 2.13. The van der Waals surface area contributed by atoms with Crippen LogP contribution in [0.1, 0.15) is 32.6 Å². The molecule has 0 fully saturated rings. The van der Waals surface area contributed by atoms with E-state index in [-0.39, 0.29) is 12.0 Å². The van der Waals surface area contributed by atoms with Gasteiger partial charge in [-0.3, -0.25) is 5.10 Å². The highest BCUT2D eigenvalue weighted by molar-refractivity contribution is 5.39. The molecule has 0 radical (unpaired) electrons. The lowest BCUT2D eigenvalue weighted by atomic mass is 10.0. The topological polar surface area (TPSA) is 92.5 Å². The minimum atomic E-state index is 0.152. The second kappa shape index (κ2) is 5.05. The summed E-state index contributed by atoms with van der Waals surface area (Å²) in [5.74, 6) is 1.71. The zero-order valence-corrected chi connectivity index (χ0v) is 10.1. The number of rotatable bonds is 5. The van der Waals surface area contributed by atoms with Gasteiger partial charge >= 0.3 is 0 Å². The standard InChI is InChI=1S/C10H16N6O/c1-4-11-7(3)6(2)10-14-9(16-17-10)8-12-5-13-15-8/h5-7,11H,4H2,1-3H3,(H,12,13,15). The van der Waals surface area contributed by atoms with Crippen LogP contribution in [0.4, 0.5) is 0 Å². The predicted molar refractivity (Wildman–Crippen MR) is 61.2 cm³/mol. The molecule has 0 amide bonds. The number of H-pyrrole nitrogens is 1. The number of hydrogen-bond acceptors (Lipinski definition) is 6. The Morgan fingerprint density at radius 3 is 2.94 bits per heavy atom. The van der Waals surface area contributed by atoms with Gasteiger partial charge in [-0.1, -0.05) is 19.0 Å². The molecule has 0 saturated heterocycles. The van der Waals surface area contributed by atoms with Crippen LogP contribution in [0.3, 0.4) is 0 Å². The van der Waals surface area contributed by atoms with E-state index in [1.807, 2.05) is 6.92 Å². The summed E-state index contributed by atoms with van der Waals surface area (Å²) in [5, 5.41) is 13.6. The Kier molecular flexibility index (Phi) is 3.48. The molecule has 17 heavy (non-hydrogen) atoms. The van der Waals surface area contributed by atoms with Crippen molar-refractivity contribution in [2.24, 2.45) is 0 Å². The summed E-state index contributed by atoms with van der Waals surface area (Å²) in [6.45, 7) is 7.11. The number of nitrogens with one attached hydrogen (secondary N) is 2. The van der Waals surface area contributed by atoms with E-state index in [0.29, 0.717) is 17.5 Å². The van der Waals surface area contributed by atoms with E-state index in [1.54, 1.807) is 0 Å². The van der Waals surface area contributed by atoms with Crippen LogP contribution in [-0.2, 0) is 0 Å². The van der Waals surface area contributed by atoms with Gasteiger partial charge in [0.05, 0.1) is 5.92 Å². The van der Waals surface area contributed by atoms with Gasteiger partial charge in [-0.15, -0.1) is 0 Å². The molecule has 2 heterocycles. The first-order valence-electron chi connectivity index (χ1n) is 5.65. The van der Waals surface area contributed by atoms with E-state index in [4.69, 9.17) is 4.52 Å². The molecular weight excluding hydrogens is 220 g/mol. The first kappa shape index (κ1) is 11.7. The third-order valence-electron chi connectivity index (χ3n) is 2.73. The molecule has 7 heteroatoms. The van der Waals surface area contributed by atoms with E-state index in [9.17, 15) is 0 Å². The van der Waals surface area contributed by atoms with E-state index < -0.39 is 0 Å². The second-order valence-corrected chi connectivity index (χ2v) is 3.93. The molecule has 0 spiro atoms. The summed E-state index contributed by atoms with van der Waals surface area (Å²) < 4.78 is 5.23. The van der Waals surface area contributed by atoms with E-state index in [1.165, 1.54) is 6.33 Å². The number of likely N-dealkylation sites (N-methyl/N-ethyl adjacent to an activating group) is 1. The molecule has 0 aliphatic heterocycles. The Bertz CT molecular complexity index is 451. The Hall–Kier alpha value is -1.76. The smallest absolute Gasteiger partial charge is 0.239 e. The molecule has 92 valence electrons. The second-order valence-electron chi connectivity index (χ2n) is 3.93. The highest BCUT2D eigenvalue weighted by Gasteiger charge is 2.21. The average Bonchev–Trinajstić information content (AvgIpc) is 2.98. The molecule has 2 aromatic rings. The maximum absolute atomic E-state index is 5.23. The normalized spacial score (nSPS) is 14.8. The lowest BCUT2D eigenvalue weighted by molar-refractivity contribution is 0.332. The predicted octanol–water partition coefficient (Wildman–Crippen LogP) is 0.956. The molecule has 2 N–H and O–H groups in total. The number of aromatic nitrogens is 5. The number of nitrogens with zero attached hydrogens (tertiary/aromatic N) is 4. The van der Waals surface area contributed by atoms with Crippen LogP contribution >= 0.6 is 0 Å². The molecule has 7 nitrogen and oxygen atoms in total. The van der Waals surface area contributed by atoms with Crippen molar-refractivity contribution >= 4 is 0 Å². The van der Waals surface area contributed by atoms with Crippen molar-refractivity contribution in [1.29, 1.82) is 0 Å². The Morgan fingerprint density at radius 2 is 2.29 bits per heavy atom. The molecule has 0 aromatic carbocycles. The van der Waals surface area contributed by atoms with Crippen molar-refractivity contribution in [1.82, 2.24) is 30.6 Å². The minimum absolute atomic E-state index is 0.152. The fraction of sp³-hybridized carbons (Fsp3) is 0.600. The fourth-order valence-electron chi connectivity index (χ4n) is 1.54. The SMILES string of the molecule is CCNC(C)C(C)c1nc(-c2ncn[nH]2)no1. The van der Waals surface area contributed by atoms with Crippen LogP contribution in [0.2, 0.25) is 0 Å². The molecule has 2 aromatic heterocycles. The van der Waals surface area contributed by atoms with Crippen LogP contribution in [0, 0.1) is 0 Å². The first-order chi connectivity index (χ1) is 8.22. The first-order valence-corrected chi connectivity index (χ1v) is 5.65. The quantitative estimate of drug-likeness (QED) is 0.803. The van der Waals surface area contributed by atoms with E-state index in [2.05, 4.69) is 44.5 Å². The van der Waals surface area contributed by atoms with Gasteiger partial charge < -0.3 is 9.84 Å². The highest BCUT2D eigenvalue weighted by atomic mass is 16.5. The van der Waals surface area contributed by atoms with Crippen molar-refractivity contribution < 1.29 is 4.52 Å². The maximum Gasteiger partial charge on any atom is 0.239 e. The largest absolute Gasteiger partial charge is 0.339 e. The maximum atomic E-state index is 5.23. The molecule has 0 saturated carbocycles. The molecule has 2 rings (SSSR count). The Morgan fingerprint density at radius 1 is 1.47 bits per heavy atom. The van der Waals surface area contributed by atoms with Gasteiger partial charge in [-0.25, -0.2) is 4.98 Å². The monoisotopic (exact) mass is 236 g/mol. The van der Waals surface area contributed by atoms with Crippen molar-refractivity contribution in [3.05, 3.63) is 12.2 Å². The van der Waals surface area contributed by atoms with Crippen molar-refractivity contribution in [3.8, 4) is 11.6 Å². The van der Waals surface area contributed by atoms with E-state index in [0.717, 1.165) is 6.54 Å². The average molecular weight is 236 g/mol. The van der Waals surface area contributed by atoms with Gasteiger partial charge in [0.2, 0.25) is 11.7 Å². The minimum Gasteiger partial charge on any atom is -0.339 e. The van der Waals surface area contributed by atoms with Crippen LogP contribution in [0.15, 0.2) is 10.9 Å². The van der Waals surface area contributed by atoms with Crippen molar-refractivity contribution in [2.75, 3.05) is 6.54 Å². The number of aromatic amines is 1. The summed E-state index contributed by atoms with van der Waals surface area (Å²) in [5.41, 5.74) is 0. The summed E-state index contributed by atoms with van der Waals surface area (Å²) in [7, 11) is 0. The van der Waals surface area contributed by atoms with E-state index >= 15 is 0 Å². The zero-order chi connectivity index (χ0) is 12.3. The lowest BCUT2D eigenvalue weighted by Crippen LogP contribution is -2.30. The van der Waals surface area contributed by atoms with Crippen LogP contribution in [0.5, 0.6) is 0 Å². The van der Waals surface area contributed by atoms with Crippen LogP contribution in [-0.4, -0.2) is 37.9 Å². The van der Waals surface area contributed by atoms with Gasteiger partial charge in [0.1, 0.15) is 6.33 Å². The van der Waals surface area contributed by atoms with Gasteiger partial charge in [0.15, 0.2) is 5.82 Å². The molecular formula is C10H16N6O. The zero-order valence-electron chi connectivity index (χ0n) is 10.1. The van der Waals surface area contributed by atoms with Gasteiger partial charge in [-0.2, -0.15) is 10.1 Å². The summed E-state index contributed by atoms with van der Waals surface area (Å²) in [6.07, 6.45) is 1.41. The van der Waals surface area contributed by atoms with Crippen LogP contribution < -0.4 is 5.32 Å². The third-order valence-corrected chi connectivity index (χ3v) is 2.73. The fourth-order valence-corrected chi connectivity index (χ4v) is 1.54. The lowest BCUT2D eigenvalue weighted by Gasteiger charge is -2.16. The van der Waals surface area contributed by atoms with Gasteiger partial charge in [0, 0.05) is 6.04 Å². The molecule has 2 atom stereocenters. The molecule has 0 aliphatic carbocycles. The summed E-state index contributed by atoms with van der Waals surface area (Å²) >= 11 is 0. The summed E-state index contributed by atoms with van der Waals surface area (Å²) in [6, 6.07) is 0.281. The molecule has 0 aliphatic rings. The van der Waals surface area contributed by atoms with Crippen molar-refractivity contribution in [3.63, 3.8) is 0 Å². The molecule has 0 bridgehead atoms. The van der Waals surface area contributed by atoms with Gasteiger partial charge in [-0.05, 0) is 13.5 Å². The van der Waals surface area contributed by atoms with Crippen LogP contribution in [0.25, 0.3) is 11.6 Å². The molecule has 2 unspecified atom stereocenters. The number of hydrogen-bond donors (Lipinski definition) is 2. The third kappa shape index (κ3) is 2.50.